The van der Waals surface area contributed by atoms with Crippen LogP contribution in [-0.4, -0.2) is 76.6 Å². The molecule has 1 unspecified atom stereocenters. The maximum atomic E-state index is 13.0. The molecule has 0 bridgehead atoms. The Morgan fingerprint density at radius 2 is 2.04 bits per heavy atom. The average Bonchev–Trinajstić information content (AvgIpc) is 2.67. The van der Waals surface area contributed by atoms with Gasteiger partial charge in [-0.2, -0.15) is 4.31 Å². The van der Waals surface area contributed by atoms with E-state index in [2.05, 4.69) is 0 Å². The Labute approximate surface area is 154 Å². The van der Waals surface area contributed by atoms with Crippen molar-refractivity contribution < 1.29 is 22.7 Å². The van der Waals surface area contributed by atoms with Crippen LogP contribution in [0, 0.1) is 0 Å². The number of ether oxygens (including phenoxy) is 2. The molecule has 26 heavy (non-hydrogen) atoms. The number of benzene rings is 1. The van der Waals surface area contributed by atoms with E-state index in [-0.39, 0.29) is 29.0 Å². The molecule has 9 heteroatoms. The van der Waals surface area contributed by atoms with Crippen LogP contribution >= 0.6 is 0 Å². The summed E-state index contributed by atoms with van der Waals surface area (Å²) in [6.45, 7) is 3.54. The second kappa shape index (κ2) is 8.81. The van der Waals surface area contributed by atoms with Gasteiger partial charge < -0.3 is 20.1 Å². The van der Waals surface area contributed by atoms with E-state index in [9.17, 15) is 13.2 Å². The molecule has 1 heterocycles. The van der Waals surface area contributed by atoms with E-state index in [4.69, 9.17) is 15.2 Å². The summed E-state index contributed by atoms with van der Waals surface area (Å²) < 4.78 is 37.8. The molecular formula is C17H27N3O5S. The van der Waals surface area contributed by atoms with Gasteiger partial charge in [0.25, 0.3) is 0 Å². The van der Waals surface area contributed by atoms with Crippen molar-refractivity contribution >= 4 is 15.9 Å². The molecule has 1 amide bonds. The van der Waals surface area contributed by atoms with Gasteiger partial charge in [0, 0.05) is 32.7 Å². The van der Waals surface area contributed by atoms with Gasteiger partial charge in [0.05, 0.1) is 26.7 Å². The molecule has 0 aromatic heterocycles. The Balaban J connectivity index is 2.29. The first-order valence-corrected chi connectivity index (χ1v) is 9.95. The van der Waals surface area contributed by atoms with Crippen LogP contribution < -0.4 is 10.5 Å². The average molecular weight is 385 g/mol. The molecule has 146 valence electrons. The molecule has 1 aromatic rings. The number of nitrogens with two attached hydrogens (primary N) is 1. The van der Waals surface area contributed by atoms with Crippen LogP contribution in [0.3, 0.4) is 0 Å². The summed E-state index contributed by atoms with van der Waals surface area (Å²) in [7, 11) is -0.606. The third kappa shape index (κ3) is 4.53. The van der Waals surface area contributed by atoms with Crippen molar-refractivity contribution in [2.45, 2.75) is 24.3 Å². The molecule has 2 rings (SSSR count). The summed E-state index contributed by atoms with van der Waals surface area (Å²) in [5.41, 5.74) is 6.21. The number of amides is 1. The highest BCUT2D eigenvalue weighted by molar-refractivity contribution is 7.89. The summed E-state index contributed by atoms with van der Waals surface area (Å²) in [5.74, 6) is 0.138. The minimum absolute atomic E-state index is 0.0710. The number of methoxy groups -OCH3 is 1. The summed E-state index contributed by atoms with van der Waals surface area (Å²) in [6.07, 6.45) is 0.0937. The van der Waals surface area contributed by atoms with Crippen molar-refractivity contribution in [1.29, 1.82) is 0 Å². The van der Waals surface area contributed by atoms with Crippen LogP contribution in [0.15, 0.2) is 23.1 Å². The highest BCUT2D eigenvalue weighted by atomic mass is 32.2. The predicted molar refractivity (Wildman–Crippen MR) is 97.6 cm³/mol. The van der Waals surface area contributed by atoms with Gasteiger partial charge in [0.1, 0.15) is 10.6 Å². The van der Waals surface area contributed by atoms with Gasteiger partial charge in [-0.25, -0.2) is 8.42 Å². The van der Waals surface area contributed by atoms with Crippen LogP contribution in [0.2, 0.25) is 0 Å². The minimum atomic E-state index is -3.72. The molecule has 0 radical (unpaired) electrons. The van der Waals surface area contributed by atoms with Crippen LogP contribution in [0.25, 0.3) is 0 Å². The molecule has 2 N–H and O–H groups in total. The van der Waals surface area contributed by atoms with Gasteiger partial charge in [-0.1, -0.05) is 6.07 Å². The van der Waals surface area contributed by atoms with E-state index >= 15 is 0 Å². The second-order valence-electron chi connectivity index (χ2n) is 6.27. The summed E-state index contributed by atoms with van der Waals surface area (Å²) in [5, 5.41) is 0. The first-order chi connectivity index (χ1) is 12.3. The van der Waals surface area contributed by atoms with Gasteiger partial charge in [0.2, 0.25) is 15.9 Å². The molecule has 1 fully saturated rings. The Morgan fingerprint density at radius 3 is 2.62 bits per heavy atom. The van der Waals surface area contributed by atoms with Gasteiger partial charge in [-0.3, -0.25) is 4.79 Å². The fourth-order valence-electron chi connectivity index (χ4n) is 2.66. The molecule has 1 aliphatic rings. The van der Waals surface area contributed by atoms with Gasteiger partial charge in [-0.15, -0.1) is 0 Å². The fraction of sp³-hybridized carbons (Fsp3) is 0.588. The number of carbonyl (C=O) groups excluding carboxylic acids is 1. The number of morpholine rings is 1. The minimum Gasteiger partial charge on any atom is -0.495 e. The molecule has 0 aliphatic carbocycles. The second-order valence-corrected chi connectivity index (χ2v) is 8.17. The summed E-state index contributed by atoms with van der Waals surface area (Å²) in [4.78, 5) is 14.0. The first-order valence-electron chi connectivity index (χ1n) is 8.51. The lowest BCUT2D eigenvalue weighted by atomic mass is 10.1. The first kappa shape index (κ1) is 20.6. The normalized spacial score (nSPS) is 16.9. The number of hydrogen-bond donors (Lipinski definition) is 1. The maximum Gasteiger partial charge on any atom is 0.246 e. The Kier molecular flexibility index (Phi) is 6.99. The third-order valence-electron chi connectivity index (χ3n) is 4.57. The Bertz CT molecular complexity index is 732. The predicted octanol–water partition coefficient (Wildman–Crippen LogP) is 0.0642. The number of sulfonamides is 1. The molecule has 1 saturated heterocycles. The molecule has 8 nitrogen and oxygen atoms in total. The maximum absolute atomic E-state index is 13.0. The van der Waals surface area contributed by atoms with Crippen LogP contribution in [0.4, 0.5) is 0 Å². The number of likely N-dealkylation sites (N-methyl/N-ethyl adjacent to an activating group) is 1. The zero-order chi connectivity index (χ0) is 19.3. The summed E-state index contributed by atoms with van der Waals surface area (Å²) in [6, 6.07) is 4.72. The zero-order valence-corrected chi connectivity index (χ0v) is 16.3. The highest BCUT2D eigenvalue weighted by Gasteiger charge is 2.29. The lowest BCUT2D eigenvalue weighted by molar-refractivity contribution is -0.130. The van der Waals surface area contributed by atoms with E-state index < -0.39 is 10.0 Å². The van der Waals surface area contributed by atoms with Gasteiger partial charge in [0.15, 0.2) is 0 Å². The topological polar surface area (TPSA) is 102 Å². The van der Waals surface area contributed by atoms with E-state index in [0.29, 0.717) is 38.4 Å². The largest absolute Gasteiger partial charge is 0.495 e. The van der Waals surface area contributed by atoms with Crippen molar-refractivity contribution in [1.82, 2.24) is 9.21 Å². The third-order valence-corrected chi connectivity index (χ3v) is 6.49. The molecule has 1 aliphatic heterocycles. The molecule has 0 saturated carbocycles. The van der Waals surface area contributed by atoms with Crippen molar-refractivity contribution in [2.75, 3.05) is 47.0 Å². The quantitative estimate of drug-likeness (QED) is 0.712. The van der Waals surface area contributed by atoms with E-state index in [0.717, 1.165) is 0 Å². The lowest BCUT2D eigenvalue weighted by Gasteiger charge is -2.27. The number of hydrogen-bond acceptors (Lipinski definition) is 6. The zero-order valence-electron chi connectivity index (χ0n) is 15.5. The van der Waals surface area contributed by atoms with E-state index in [1.807, 2.05) is 6.92 Å². The molecule has 0 spiro atoms. The molecule has 1 aromatic carbocycles. The molecular weight excluding hydrogens is 358 g/mol. The monoisotopic (exact) mass is 385 g/mol. The van der Waals surface area contributed by atoms with Gasteiger partial charge >= 0.3 is 0 Å². The number of rotatable bonds is 7. The van der Waals surface area contributed by atoms with Crippen LogP contribution in [0.1, 0.15) is 12.5 Å². The van der Waals surface area contributed by atoms with Crippen LogP contribution in [-0.2, 0) is 26.0 Å². The lowest BCUT2D eigenvalue weighted by Crippen LogP contribution is -2.41. The number of carbonyl (C=O) groups is 1. The highest BCUT2D eigenvalue weighted by Crippen LogP contribution is 2.28. The standard InChI is InChI=1S/C17H27N3O5S/c1-13(12-18)19(2)17(21)11-14-4-5-15(24-3)16(10-14)26(22,23)20-6-8-25-9-7-20/h4-5,10,13H,6-9,11-12,18H2,1-3H3. The van der Waals surface area contributed by atoms with Gasteiger partial charge in [-0.05, 0) is 24.6 Å². The van der Waals surface area contributed by atoms with Crippen molar-refractivity contribution in [3.8, 4) is 5.75 Å². The summed E-state index contributed by atoms with van der Waals surface area (Å²) >= 11 is 0. The fourth-order valence-corrected chi connectivity index (χ4v) is 4.28. The van der Waals surface area contributed by atoms with E-state index in [1.165, 1.54) is 17.5 Å². The smallest absolute Gasteiger partial charge is 0.246 e. The van der Waals surface area contributed by atoms with Crippen molar-refractivity contribution in [3.05, 3.63) is 23.8 Å². The van der Waals surface area contributed by atoms with E-state index in [1.54, 1.807) is 24.1 Å². The SMILES string of the molecule is COc1ccc(CC(=O)N(C)C(C)CN)cc1S(=O)(=O)N1CCOCC1. The Hall–Kier alpha value is -1.68. The molecule has 1 atom stereocenters. The van der Waals surface area contributed by atoms with Crippen LogP contribution in [0.5, 0.6) is 5.75 Å². The van der Waals surface area contributed by atoms with Crippen molar-refractivity contribution in [3.63, 3.8) is 0 Å². The van der Waals surface area contributed by atoms with Crippen molar-refractivity contribution in [2.24, 2.45) is 5.73 Å². The Morgan fingerprint density at radius 1 is 1.38 bits per heavy atom. The number of nitrogens with zero attached hydrogens (tertiary/aromatic N) is 2.